The van der Waals surface area contributed by atoms with E-state index in [4.69, 9.17) is 4.74 Å². The van der Waals surface area contributed by atoms with Crippen LogP contribution in [0, 0.1) is 6.92 Å². The van der Waals surface area contributed by atoms with Crippen molar-refractivity contribution in [2.24, 2.45) is 0 Å². The summed E-state index contributed by atoms with van der Waals surface area (Å²) < 4.78 is 7.53. The lowest BCUT2D eigenvalue weighted by Gasteiger charge is -2.33. The standard InChI is InChI=1S/C10H13N5O/c1-7-12-10(14-13-7)9(8-2-5-16-8)15-4-3-11-6-15/h3-4,6,8-9H,2,5H2,1H3,(H,12,13,14)/t8-,9?/m0/s1. The minimum Gasteiger partial charge on any atom is -0.375 e. The summed E-state index contributed by atoms with van der Waals surface area (Å²) in [5.74, 6) is 1.58. The van der Waals surface area contributed by atoms with Gasteiger partial charge >= 0.3 is 0 Å². The van der Waals surface area contributed by atoms with Gasteiger partial charge in [0, 0.05) is 19.0 Å². The molecule has 6 heteroatoms. The topological polar surface area (TPSA) is 68.6 Å². The average molecular weight is 219 g/mol. The maximum absolute atomic E-state index is 5.54. The Morgan fingerprint density at radius 1 is 1.62 bits per heavy atom. The van der Waals surface area contributed by atoms with Crippen molar-refractivity contribution in [2.75, 3.05) is 6.61 Å². The molecule has 6 nitrogen and oxygen atoms in total. The van der Waals surface area contributed by atoms with Crippen LogP contribution in [0.1, 0.15) is 24.1 Å². The van der Waals surface area contributed by atoms with Crippen molar-refractivity contribution in [3.05, 3.63) is 30.4 Å². The molecule has 0 aliphatic carbocycles. The zero-order valence-electron chi connectivity index (χ0n) is 9.00. The molecule has 3 heterocycles. The summed E-state index contributed by atoms with van der Waals surface area (Å²) in [4.78, 5) is 8.43. The molecule has 1 aliphatic heterocycles. The third-order valence-corrected chi connectivity index (χ3v) is 2.81. The molecule has 1 aliphatic rings. The normalized spacial score (nSPS) is 21.7. The summed E-state index contributed by atoms with van der Waals surface area (Å²) >= 11 is 0. The van der Waals surface area contributed by atoms with Crippen molar-refractivity contribution in [1.82, 2.24) is 24.7 Å². The van der Waals surface area contributed by atoms with Crippen LogP contribution in [0.2, 0.25) is 0 Å². The van der Waals surface area contributed by atoms with Crippen molar-refractivity contribution >= 4 is 0 Å². The summed E-state index contributed by atoms with van der Waals surface area (Å²) in [7, 11) is 0. The van der Waals surface area contributed by atoms with Crippen LogP contribution in [-0.2, 0) is 4.74 Å². The molecule has 2 atom stereocenters. The Hall–Kier alpha value is -1.69. The van der Waals surface area contributed by atoms with Gasteiger partial charge in [-0.25, -0.2) is 9.97 Å². The van der Waals surface area contributed by atoms with Gasteiger partial charge in [0.15, 0.2) is 5.82 Å². The maximum atomic E-state index is 5.54. The molecule has 16 heavy (non-hydrogen) atoms. The largest absolute Gasteiger partial charge is 0.375 e. The van der Waals surface area contributed by atoms with Crippen molar-refractivity contribution in [3.8, 4) is 0 Å². The number of nitrogens with zero attached hydrogens (tertiary/aromatic N) is 4. The molecule has 0 amide bonds. The average Bonchev–Trinajstić information content (AvgIpc) is 2.81. The fraction of sp³-hybridized carbons (Fsp3) is 0.500. The minimum atomic E-state index is 0.0289. The highest BCUT2D eigenvalue weighted by molar-refractivity contribution is 5.04. The number of imidazole rings is 1. The van der Waals surface area contributed by atoms with Gasteiger partial charge in [0.25, 0.3) is 0 Å². The Morgan fingerprint density at radius 2 is 2.50 bits per heavy atom. The van der Waals surface area contributed by atoms with Crippen molar-refractivity contribution < 1.29 is 4.74 Å². The number of hydrogen-bond acceptors (Lipinski definition) is 4. The van der Waals surface area contributed by atoms with Gasteiger partial charge in [-0.3, -0.25) is 5.10 Å². The highest BCUT2D eigenvalue weighted by Crippen LogP contribution is 2.28. The maximum Gasteiger partial charge on any atom is 0.176 e. The van der Waals surface area contributed by atoms with Gasteiger partial charge in [-0.2, -0.15) is 5.10 Å². The van der Waals surface area contributed by atoms with Gasteiger partial charge in [0.05, 0.1) is 12.4 Å². The number of nitrogens with one attached hydrogen (secondary N) is 1. The summed E-state index contributed by atoms with van der Waals surface area (Å²) in [6, 6.07) is 0.0289. The monoisotopic (exact) mass is 219 g/mol. The second-order valence-corrected chi connectivity index (χ2v) is 3.93. The zero-order chi connectivity index (χ0) is 11.0. The first kappa shape index (κ1) is 9.53. The Morgan fingerprint density at radius 3 is 3.00 bits per heavy atom. The van der Waals surface area contributed by atoms with Crippen LogP contribution in [0.3, 0.4) is 0 Å². The smallest absolute Gasteiger partial charge is 0.176 e. The van der Waals surface area contributed by atoms with Crippen LogP contribution in [0.25, 0.3) is 0 Å². The Bertz CT molecular complexity index is 459. The fourth-order valence-corrected chi connectivity index (χ4v) is 1.92. The quantitative estimate of drug-likeness (QED) is 0.824. The third-order valence-electron chi connectivity index (χ3n) is 2.81. The number of hydrogen-bond donors (Lipinski definition) is 1. The van der Waals surface area contributed by atoms with Crippen LogP contribution in [0.5, 0.6) is 0 Å². The molecule has 1 fully saturated rings. The number of aryl methyl sites for hydroxylation is 1. The predicted octanol–water partition coefficient (Wildman–Crippen LogP) is 0.688. The lowest BCUT2D eigenvalue weighted by Crippen LogP contribution is -2.37. The number of aromatic nitrogens is 5. The van der Waals surface area contributed by atoms with E-state index in [1.807, 2.05) is 17.7 Å². The molecular weight excluding hydrogens is 206 g/mol. The van der Waals surface area contributed by atoms with Crippen LogP contribution < -0.4 is 0 Å². The molecule has 2 aromatic rings. The molecule has 0 aromatic carbocycles. The van der Waals surface area contributed by atoms with Crippen LogP contribution in [0.4, 0.5) is 0 Å². The summed E-state index contributed by atoms with van der Waals surface area (Å²) in [6.45, 7) is 2.71. The van der Waals surface area contributed by atoms with Gasteiger partial charge in [0.2, 0.25) is 0 Å². The predicted molar refractivity (Wildman–Crippen MR) is 55.8 cm³/mol. The Kier molecular flexibility index (Phi) is 2.21. The van der Waals surface area contributed by atoms with Gasteiger partial charge < -0.3 is 9.30 Å². The van der Waals surface area contributed by atoms with E-state index in [1.54, 1.807) is 12.5 Å². The molecule has 0 spiro atoms. The number of rotatable bonds is 3. The molecule has 3 rings (SSSR count). The molecule has 0 bridgehead atoms. The highest BCUT2D eigenvalue weighted by atomic mass is 16.5. The molecule has 0 radical (unpaired) electrons. The van der Waals surface area contributed by atoms with Crippen molar-refractivity contribution in [3.63, 3.8) is 0 Å². The number of H-pyrrole nitrogens is 1. The molecule has 1 unspecified atom stereocenters. The lowest BCUT2D eigenvalue weighted by molar-refractivity contribution is -0.0730. The molecule has 1 N–H and O–H groups in total. The molecule has 2 aromatic heterocycles. The first-order valence-corrected chi connectivity index (χ1v) is 5.32. The second kappa shape index (κ2) is 3.71. The third kappa shape index (κ3) is 1.51. The van der Waals surface area contributed by atoms with Gasteiger partial charge in [0.1, 0.15) is 11.9 Å². The molecule has 0 saturated carbocycles. The van der Waals surface area contributed by atoms with Crippen molar-refractivity contribution in [1.29, 1.82) is 0 Å². The van der Waals surface area contributed by atoms with E-state index < -0.39 is 0 Å². The highest BCUT2D eigenvalue weighted by Gasteiger charge is 2.33. The van der Waals surface area contributed by atoms with Gasteiger partial charge in [-0.15, -0.1) is 0 Å². The Balaban J connectivity index is 1.95. The van der Waals surface area contributed by atoms with E-state index in [0.29, 0.717) is 0 Å². The lowest BCUT2D eigenvalue weighted by atomic mass is 10.0. The first-order valence-electron chi connectivity index (χ1n) is 5.32. The summed E-state index contributed by atoms with van der Waals surface area (Å²) in [6.07, 6.45) is 6.64. The van der Waals surface area contributed by atoms with Crippen LogP contribution >= 0.6 is 0 Å². The van der Waals surface area contributed by atoms with E-state index in [2.05, 4.69) is 20.2 Å². The van der Waals surface area contributed by atoms with E-state index in [0.717, 1.165) is 24.7 Å². The van der Waals surface area contributed by atoms with Gasteiger partial charge in [-0.1, -0.05) is 0 Å². The van der Waals surface area contributed by atoms with E-state index in [9.17, 15) is 0 Å². The number of ether oxygens (including phenoxy) is 1. The van der Waals surface area contributed by atoms with E-state index in [-0.39, 0.29) is 12.1 Å². The molecule has 1 saturated heterocycles. The molecule has 84 valence electrons. The van der Waals surface area contributed by atoms with Crippen LogP contribution in [-0.4, -0.2) is 37.4 Å². The van der Waals surface area contributed by atoms with Crippen molar-refractivity contribution in [2.45, 2.75) is 25.5 Å². The second-order valence-electron chi connectivity index (χ2n) is 3.93. The van der Waals surface area contributed by atoms with Crippen LogP contribution in [0.15, 0.2) is 18.7 Å². The zero-order valence-corrected chi connectivity index (χ0v) is 9.00. The summed E-state index contributed by atoms with van der Waals surface area (Å²) in [5.41, 5.74) is 0. The number of aromatic amines is 1. The first-order chi connectivity index (χ1) is 7.84. The van der Waals surface area contributed by atoms with E-state index in [1.165, 1.54) is 0 Å². The summed E-state index contributed by atoms with van der Waals surface area (Å²) in [5, 5.41) is 7.07. The minimum absolute atomic E-state index is 0.0289. The van der Waals surface area contributed by atoms with E-state index >= 15 is 0 Å². The Labute approximate surface area is 92.7 Å². The SMILES string of the molecule is Cc1nc(C([C@@H]2CCO2)n2ccnc2)n[nH]1. The van der Waals surface area contributed by atoms with Gasteiger partial charge in [-0.05, 0) is 13.3 Å². The molecular formula is C10H13N5O. The fourth-order valence-electron chi connectivity index (χ4n) is 1.92.